The van der Waals surface area contributed by atoms with E-state index in [0.717, 1.165) is 67.3 Å². The Morgan fingerprint density at radius 2 is 1.83 bits per heavy atom. The van der Waals surface area contributed by atoms with Gasteiger partial charge in [-0.3, -0.25) is 9.59 Å². The smallest absolute Gasteiger partial charge is 0.267 e. The Hall–Kier alpha value is -2.83. The average molecular weight is 397 g/mol. The zero-order chi connectivity index (χ0) is 20.4. The van der Waals surface area contributed by atoms with Gasteiger partial charge in [0.05, 0.1) is 26.0 Å². The van der Waals surface area contributed by atoms with Crippen LogP contribution in [-0.2, 0) is 30.6 Å². The van der Waals surface area contributed by atoms with Gasteiger partial charge in [0.15, 0.2) is 11.5 Å². The van der Waals surface area contributed by atoms with Crippen LogP contribution in [-0.4, -0.2) is 29.9 Å². The van der Waals surface area contributed by atoms with E-state index in [1.807, 2.05) is 12.1 Å². The van der Waals surface area contributed by atoms with E-state index in [-0.39, 0.29) is 24.1 Å². The molecule has 7 heteroatoms. The van der Waals surface area contributed by atoms with Gasteiger partial charge in [0.25, 0.3) is 5.56 Å². The number of hydrogen-bond acceptors (Lipinski definition) is 5. The molecule has 0 unspecified atom stereocenters. The lowest BCUT2D eigenvalue weighted by Gasteiger charge is -2.17. The fraction of sp³-hybridized carbons (Fsp3) is 0.500. The van der Waals surface area contributed by atoms with E-state index in [1.54, 1.807) is 20.3 Å². The van der Waals surface area contributed by atoms with E-state index >= 15 is 0 Å². The number of nitrogens with one attached hydrogen (secondary N) is 1. The minimum absolute atomic E-state index is 0.0642. The van der Waals surface area contributed by atoms with E-state index in [9.17, 15) is 9.59 Å². The molecule has 29 heavy (non-hydrogen) atoms. The number of ether oxygens (including phenoxy) is 2. The summed E-state index contributed by atoms with van der Waals surface area (Å²) in [5.74, 6) is 1.14. The lowest BCUT2D eigenvalue weighted by Crippen LogP contribution is -2.35. The molecular weight excluding hydrogens is 370 g/mol. The molecule has 0 fully saturated rings. The summed E-state index contributed by atoms with van der Waals surface area (Å²) in [4.78, 5) is 25.1. The van der Waals surface area contributed by atoms with Gasteiger partial charge in [-0.1, -0.05) is 6.42 Å². The summed E-state index contributed by atoms with van der Waals surface area (Å²) in [5, 5.41) is 7.55. The van der Waals surface area contributed by atoms with Crippen molar-refractivity contribution in [3.05, 3.63) is 50.9 Å². The molecule has 1 heterocycles. The van der Waals surface area contributed by atoms with Crippen molar-refractivity contribution in [2.75, 3.05) is 14.2 Å². The summed E-state index contributed by atoms with van der Waals surface area (Å²) in [6.45, 7) is -0.0642. The van der Waals surface area contributed by atoms with Crippen LogP contribution in [0.4, 0.5) is 0 Å². The lowest BCUT2D eigenvalue weighted by molar-refractivity contribution is -0.122. The minimum atomic E-state index is -0.209. The zero-order valence-corrected chi connectivity index (χ0v) is 17.0. The van der Waals surface area contributed by atoms with E-state index in [1.165, 1.54) is 4.68 Å². The maximum absolute atomic E-state index is 12.7. The molecule has 2 aromatic rings. The zero-order valence-electron chi connectivity index (χ0n) is 17.0. The number of aryl methyl sites for hydroxylation is 3. The van der Waals surface area contributed by atoms with Crippen molar-refractivity contribution in [1.29, 1.82) is 0 Å². The molecule has 1 aromatic heterocycles. The number of rotatable bonds is 5. The van der Waals surface area contributed by atoms with Crippen molar-refractivity contribution in [1.82, 2.24) is 15.1 Å². The van der Waals surface area contributed by atoms with Crippen molar-refractivity contribution < 1.29 is 14.3 Å². The molecule has 0 spiro atoms. The van der Waals surface area contributed by atoms with Crippen LogP contribution < -0.4 is 20.3 Å². The molecule has 1 aromatic carbocycles. The Morgan fingerprint density at radius 1 is 1.07 bits per heavy atom. The van der Waals surface area contributed by atoms with E-state index < -0.39 is 0 Å². The third-order valence-corrected chi connectivity index (χ3v) is 5.88. The Bertz CT molecular complexity index is 983. The molecule has 4 rings (SSSR count). The van der Waals surface area contributed by atoms with Crippen molar-refractivity contribution in [2.24, 2.45) is 0 Å². The molecule has 0 bridgehead atoms. The highest BCUT2D eigenvalue weighted by Crippen LogP contribution is 2.39. The molecule has 0 saturated heterocycles. The minimum Gasteiger partial charge on any atom is -0.493 e. The number of nitrogens with zero attached hydrogens (tertiary/aromatic N) is 2. The predicted molar refractivity (Wildman–Crippen MR) is 109 cm³/mol. The molecule has 1 N–H and O–H groups in total. The SMILES string of the molecule is COc1cc2c(cc1OC)[C@H](NC(=O)Cn1nc3c(cc1=O)CCCCC3)CC2. The molecule has 2 aliphatic rings. The average Bonchev–Trinajstić information content (AvgIpc) is 2.95. The first-order chi connectivity index (χ1) is 14.1. The van der Waals surface area contributed by atoms with Crippen LogP contribution in [0.3, 0.4) is 0 Å². The van der Waals surface area contributed by atoms with Gasteiger partial charge in [-0.15, -0.1) is 0 Å². The molecule has 0 radical (unpaired) electrons. The number of methoxy groups -OCH3 is 2. The first-order valence-corrected chi connectivity index (χ1v) is 10.2. The highest BCUT2D eigenvalue weighted by atomic mass is 16.5. The summed E-state index contributed by atoms with van der Waals surface area (Å²) >= 11 is 0. The molecule has 1 amide bonds. The number of fused-ring (bicyclic) bond motifs is 2. The van der Waals surface area contributed by atoms with Crippen LogP contribution in [0.15, 0.2) is 23.0 Å². The van der Waals surface area contributed by atoms with Crippen LogP contribution in [0.1, 0.15) is 54.1 Å². The second-order valence-electron chi connectivity index (χ2n) is 7.74. The predicted octanol–water partition coefficient (Wildman–Crippen LogP) is 2.33. The van der Waals surface area contributed by atoms with Crippen molar-refractivity contribution in [3.8, 4) is 11.5 Å². The number of amides is 1. The number of carbonyl (C=O) groups excluding carboxylic acids is 1. The van der Waals surface area contributed by atoms with Gasteiger partial charge in [-0.2, -0.15) is 5.10 Å². The van der Waals surface area contributed by atoms with Crippen molar-refractivity contribution in [2.45, 2.75) is 57.5 Å². The van der Waals surface area contributed by atoms with E-state index in [4.69, 9.17) is 9.47 Å². The van der Waals surface area contributed by atoms with Gasteiger partial charge in [-0.05, 0) is 67.3 Å². The number of carbonyl (C=O) groups is 1. The summed E-state index contributed by atoms with van der Waals surface area (Å²) < 4.78 is 12.1. The normalized spacial score (nSPS) is 17.8. The van der Waals surface area contributed by atoms with Crippen molar-refractivity contribution in [3.63, 3.8) is 0 Å². The van der Waals surface area contributed by atoms with Gasteiger partial charge in [0.2, 0.25) is 5.91 Å². The second kappa shape index (κ2) is 8.27. The van der Waals surface area contributed by atoms with Gasteiger partial charge < -0.3 is 14.8 Å². The van der Waals surface area contributed by atoms with Crippen LogP contribution >= 0.6 is 0 Å². The van der Waals surface area contributed by atoms with Crippen molar-refractivity contribution >= 4 is 5.91 Å². The van der Waals surface area contributed by atoms with Crippen LogP contribution in [0.25, 0.3) is 0 Å². The Morgan fingerprint density at radius 3 is 2.62 bits per heavy atom. The molecule has 1 atom stereocenters. The van der Waals surface area contributed by atoms with E-state index in [2.05, 4.69) is 10.4 Å². The molecular formula is C22H27N3O4. The third-order valence-electron chi connectivity index (χ3n) is 5.88. The number of benzene rings is 1. The highest BCUT2D eigenvalue weighted by Gasteiger charge is 2.26. The van der Waals surface area contributed by atoms with Crippen LogP contribution in [0.5, 0.6) is 11.5 Å². The topological polar surface area (TPSA) is 82.4 Å². The Balaban J connectivity index is 1.49. The number of hydrogen-bond donors (Lipinski definition) is 1. The first kappa shape index (κ1) is 19.5. The lowest BCUT2D eigenvalue weighted by atomic mass is 10.1. The fourth-order valence-corrected chi connectivity index (χ4v) is 4.35. The Labute approximate surface area is 170 Å². The first-order valence-electron chi connectivity index (χ1n) is 10.2. The summed E-state index contributed by atoms with van der Waals surface area (Å²) in [6, 6.07) is 5.45. The molecule has 0 saturated carbocycles. The van der Waals surface area contributed by atoms with Gasteiger partial charge in [0, 0.05) is 6.07 Å². The van der Waals surface area contributed by atoms with Crippen LogP contribution in [0.2, 0.25) is 0 Å². The highest BCUT2D eigenvalue weighted by molar-refractivity contribution is 5.76. The quantitative estimate of drug-likeness (QED) is 0.783. The molecule has 154 valence electrons. The maximum Gasteiger partial charge on any atom is 0.267 e. The Kier molecular flexibility index (Phi) is 5.56. The third kappa shape index (κ3) is 3.99. The molecule has 0 aliphatic heterocycles. The fourth-order valence-electron chi connectivity index (χ4n) is 4.35. The largest absolute Gasteiger partial charge is 0.493 e. The monoisotopic (exact) mass is 397 g/mol. The van der Waals surface area contributed by atoms with E-state index in [0.29, 0.717) is 11.5 Å². The standard InChI is InChI=1S/C22H27N3O4/c1-28-19-10-14-8-9-18(16(14)12-20(19)29-2)23-21(26)13-25-22(27)11-15-6-4-3-5-7-17(15)24-25/h10-12,18H,3-9,13H2,1-2H3,(H,23,26)/t18-/m1/s1. The van der Waals surface area contributed by atoms with Crippen LogP contribution in [0, 0.1) is 0 Å². The second-order valence-corrected chi connectivity index (χ2v) is 7.74. The molecule has 7 nitrogen and oxygen atoms in total. The molecule has 2 aliphatic carbocycles. The van der Waals surface area contributed by atoms with Gasteiger partial charge in [0.1, 0.15) is 6.54 Å². The maximum atomic E-state index is 12.7. The summed E-state index contributed by atoms with van der Waals surface area (Å²) in [7, 11) is 3.22. The number of aromatic nitrogens is 2. The summed E-state index contributed by atoms with van der Waals surface area (Å²) in [5.41, 5.74) is 3.97. The van der Waals surface area contributed by atoms with Gasteiger partial charge in [-0.25, -0.2) is 4.68 Å². The van der Waals surface area contributed by atoms with Gasteiger partial charge >= 0.3 is 0 Å². The summed E-state index contributed by atoms with van der Waals surface area (Å²) in [6.07, 6.45) is 6.76.